The number of H-pyrrole nitrogens is 1. The molecule has 1 saturated heterocycles. The van der Waals surface area contributed by atoms with E-state index in [1.54, 1.807) is 0 Å². The first-order valence-electron chi connectivity index (χ1n) is 8.47. The van der Waals surface area contributed by atoms with E-state index in [1.165, 1.54) is 25.7 Å². The third kappa shape index (κ3) is 2.70. The van der Waals surface area contributed by atoms with Gasteiger partial charge in [-0.15, -0.1) is 0 Å². The average Bonchev–Trinajstić information content (AvgIpc) is 2.53. The second-order valence-corrected chi connectivity index (χ2v) is 6.58. The van der Waals surface area contributed by atoms with Crippen molar-refractivity contribution in [1.82, 2.24) is 9.88 Å². The van der Waals surface area contributed by atoms with E-state index in [4.69, 9.17) is 0 Å². The standard InChI is InChI=1S/C19H26N2O/c1-4-15-9-5-6-11-21(15)12-17-14(3)20-18-13(2)8-7-10-16(18)19(17)22/h7-8,10,15H,4-6,9,11-12H2,1-3H3,(H,20,22)/t15-/m0/s1. The van der Waals surface area contributed by atoms with Crippen LogP contribution in [-0.2, 0) is 6.54 Å². The number of hydrogen-bond acceptors (Lipinski definition) is 2. The molecule has 3 rings (SSSR count). The molecule has 2 aromatic rings. The minimum absolute atomic E-state index is 0.204. The molecule has 1 N–H and O–H groups in total. The van der Waals surface area contributed by atoms with Crippen molar-refractivity contribution < 1.29 is 0 Å². The van der Waals surface area contributed by atoms with Gasteiger partial charge in [0.05, 0.1) is 5.52 Å². The number of fused-ring (bicyclic) bond motifs is 1. The summed E-state index contributed by atoms with van der Waals surface area (Å²) in [5.41, 5.74) is 4.29. The van der Waals surface area contributed by atoms with E-state index >= 15 is 0 Å². The molecule has 1 aliphatic rings. The Bertz CT molecular complexity index is 732. The lowest BCUT2D eigenvalue weighted by Gasteiger charge is -2.35. The molecule has 3 heteroatoms. The van der Waals surface area contributed by atoms with Crippen LogP contribution in [0.15, 0.2) is 23.0 Å². The van der Waals surface area contributed by atoms with Gasteiger partial charge in [-0.2, -0.15) is 0 Å². The van der Waals surface area contributed by atoms with Gasteiger partial charge in [0, 0.05) is 29.2 Å². The Balaban J connectivity index is 2.02. The van der Waals surface area contributed by atoms with Gasteiger partial charge in [-0.25, -0.2) is 0 Å². The summed E-state index contributed by atoms with van der Waals surface area (Å²) in [7, 11) is 0. The van der Waals surface area contributed by atoms with E-state index in [-0.39, 0.29) is 5.43 Å². The molecule has 118 valence electrons. The average molecular weight is 298 g/mol. The van der Waals surface area contributed by atoms with Gasteiger partial charge in [-0.3, -0.25) is 9.69 Å². The number of benzene rings is 1. The molecular weight excluding hydrogens is 272 g/mol. The summed E-state index contributed by atoms with van der Waals surface area (Å²) in [5.74, 6) is 0. The van der Waals surface area contributed by atoms with E-state index in [0.29, 0.717) is 6.04 Å². The second-order valence-electron chi connectivity index (χ2n) is 6.58. The monoisotopic (exact) mass is 298 g/mol. The molecule has 0 aliphatic carbocycles. The maximum absolute atomic E-state index is 12.9. The first-order valence-corrected chi connectivity index (χ1v) is 8.47. The van der Waals surface area contributed by atoms with Crippen molar-refractivity contribution in [3.05, 3.63) is 45.2 Å². The SMILES string of the molecule is CC[C@H]1CCCCN1Cc1c(C)[nH]c2c(C)cccc2c1=O. The predicted molar refractivity (Wildman–Crippen MR) is 92.4 cm³/mol. The Morgan fingerprint density at radius 2 is 2.09 bits per heavy atom. The number of nitrogens with one attached hydrogen (secondary N) is 1. The van der Waals surface area contributed by atoms with Crippen LogP contribution in [0.2, 0.25) is 0 Å². The molecule has 1 aromatic heterocycles. The van der Waals surface area contributed by atoms with Gasteiger partial charge in [0.15, 0.2) is 5.43 Å². The quantitative estimate of drug-likeness (QED) is 0.932. The van der Waals surface area contributed by atoms with Crippen LogP contribution in [0.5, 0.6) is 0 Å². The second kappa shape index (κ2) is 6.25. The first kappa shape index (κ1) is 15.3. The minimum atomic E-state index is 0.204. The fourth-order valence-electron chi connectivity index (χ4n) is 3.74. The number of aryl methyl sites for hydroxylation is 2. The van der Waals surface area contributed by atoms with Gasteiger partial charge in [0.2, 0.25) is 0 Å². The summed E-state index contributed by atoms with van der Waals surface area (Å²) < 4.78 is 0. The number of aromatic nitrogens is 1. The first-order chi connectivity index (χ1) is 10.6. The van der Waals surface area contributed by atoms with E-state index in [9.17, 15) is 4.79 Å². The number of nitrogens with zero attached hydrogens (tertiary/aromatic N) is 1. The summed E-state index contributed by atoms with van der Waals surface area (Å²) in [6.07, 6.45) is 5.01. The molecule has 0 spiro atoms. The molecule has 1 atom stereocenters. The van der Waals surface area contributed by atoms with E-state index in [2.05, 4.69) is 29.8 Å². The zero-order valence-corrected chi connectivity index (χ0v) is 13.9. The van der Waals surface area contributed by atoms with Gasteiger partial charge in [-0.1, -0.05) is 25.5 Å². The van der Waals surface area contributed by atoms with Crippen LogP contribution in [0.1, 0.15) is 49.4 Å². The predicted octanol–water partition coefficient (Wildman–Crippen LogP) is 3.91. The fraction of sp³-hybridized carbons (Fsp3) is 0.526. The molecule has 1 aliphatic heterocycles. The summed E-state index contributed by atoms with van der Waals surface area (Å²) in [5, 5.41) is 0.825. The lowest BCUT2D eigenvalue weighted by molar-refractivity contribution is 0.135. The Kier molecular flexibility index (Phi) is 4.34. The number of rotatable bonds is 3. The highest BCUT2D eigenvalue weighted by atomic mass is 16.1. The van der Waals surface area contributed by atoms with Gasteiger partial charge in [-0.05, 0) is 51.3 Å². The van der Waals surface area contributed by atoms with Gasteiger partial charge < -0.3 is 4.98 Å². The Morgan fingerprint density at radius 3 is 2.86 bits per heavy atom. The van der Waals surface area contributed by atoms with Crippen molar-refractivity contribution in [3.63, 3.8) is 0 Å². The third-order valence-electron chi connectivity index (χ3n) is 5.14. The van der Waals surface area contributed by atoms with Gasteiger partial charge in [0.25, 0.3) is 0 Å². The van der Waals surface area contributed by atoms with Crippen molar-refractivity contribution >= 4 is 10.9 Å². The van der Waals surface area contributed by atoms with Crippen molar-refractivity contribution in [1.29, 1.82) is 0 Å². The third-order valence-corrected chi connectivity index (χ3v) is 5.14. The van der Waals surface area contributed by atoms with Gasteiger partial charge in [0.1, 0.15) is 0 Å². The maximum Gasteiger partial charge on any atom is 0.194 e. The molecule has 2 heterocycles. The highest BCUT2D eigenvalue weighted by Crippen LogP contribution is 2.23. The van der Waals surface area contributed by atoms with Crippen LogP contribution in [0.25, 0.3) is 10.9 Å². The van der Waals surface area contributed by atoms with Crippen LogP contribution in [0.4, 0.5) is 0 Å². The Morgan fingerprint density at radius 1 is 1.27 bits per heavy atom. The number of piperidine rings is 1. The molecule has 1 aromatic carbocycles. The minimum Gasteiger partial charge on any atom is -0.358 e. The Hall–Kier alpha value is -1.61. The molecule has 0 saturated carbocycles. The smallest absolute Gasteiger partial charge is 0.194 e. The number of likely N-dealkylation sites (tertiary alicyclic amines) is 1. The van der Waals surface area contributed by atoms with Crippen molar-refractivity contribution in [3.8, 4) is 0 Å². The molecule has 1 fully saturated rings. The lowest BCUT2D eigenvalue weighted by Crippen LogP contribution is -2.39. The van der Waals surface area contributed by atoms with Crippen LogP contribution in [-0.4, -0.2) is 22.5 Å². The Labute approximate surface area is 132 Å². The zero-order valence-electron chi connectivity index (χ0n) is 13.9. The van der Waals surface area contributed by atoms with Crippen LogP contribution in [0.3, 0.4) is 0 Å². The summed E-state index contributed by atoms with van der Waals surface area (Å²) in [6, 6.07) is 6.59. The number of hydrogen-bond donors (Lipinski definition) is 1. The largest absolute Gasteiger partial charge is 0.358 e. The van der Waals surface area contributed by atoms with E-state index < -0.39 is 0 Å². The highest BCUT2D eigenvalue weighted by Gasteiger charge is 2.23. The molecule has 0 unspecified atom stereocenters. The van der Waals surface area contributed by atoms with Crippen molar-refractivity contribution in [2.24, 2.45) is 0 Å². The van der Waals surface area contributed by atoms with Gasteiger partial charge >= 0.3 is 0 Å². The highest BCUT2D eigenvalue weighted by molar-refractivity contribution is 5.82. The molecule has 22 heavy (non-hydrogen) atoms. The summed E-state index contributed by atoms with van der Waals surface area (Å²) in [4.78, 5) is 18.9. The fourth-order valence-corrected chi connectivity index (χ4v) is 3.74. The van der Waals surface area contributed by atoms with Crippen molar-refractivity contribution in [2.75, 3.05) is 6.54 Å². The van der Waals surface area contributed by atoms with Crippen LogP contribution < -0.4 is 5.43 Å². The van der Waals surface area contributed by atoms with Crippen molar-refractivity contribution in [2.45, 2.75) is 59.0 Å². The van der Waals surface area contributed by atoms with E-state index in [0.717, 1.165) is 40.8 Å². The normalized spacial score (nSPS) is 19.7. The molecule has 0 radical (unpaired) electrons. The zero-order chi connectivity index (χ0) is 15.7. The lowest BCUT2D eigenvalue weighted by atomic mass is 9.98. The molecular formula is C19H26N2O. The molecule has 0 bridgehead atoms. The molecule has 0 amide bonds. The number of aromatic amines is 1. The van der Waals surface area contributed by atoms with E-state index in [1.807, 2.05) is 19.1 Å². The number of pyridine rings is 1. The number of para-hydroxylation sites is 1. The summed E-state index contributed by atoms with van der Waals surface area (Å²) in [6.45, 7) is 8.24. The van der Waals surface area contributed by atoms with Crippen LogP contribution >= 0.6 is 0 Å². The summed E-state index contributed by atoms with van der Waals surface area (Å²) >= 11 is 0. The maximum atomic E-state index is 12.9. The van der Waals surface area contributed by atoms with Crippen LogP contribution in [0, 0.1) is 13.8 Å². The topological polar surface area (TPSA) is 36.1 Å². The molecule has 3 nitrogen and oxygen atoms in total.